The molecule has 7 aromatic rings. The summed E-state index contributed by atoms with van der Waals surface area (Å²) in [5.41, 5.74) is 8.16. The molecule has 0 unspecified atom stereocenters. The van der Waals surface area contributed by atoms with Gasteiger partial charge in [-0.25, -0.2) is 0 Å². The van der Waals surface area contributed by atoms with Gasteiger partial charge in [-0.3, -0.25) is 0 Å². The first-order valence-corrected chi connectivity index (χ1v) is 13.1. The minimum atomic E-state index is -0.441. The lowest BCUT2D eigenvalue weighted by Crippen LogP contribution is -2.30. The smallest absolute Gasteiger partial charge is 0.0701 e. The summed E-state index contributed by atoms with van der Waals surface area (Å²) >= 11 is 0. The van der Waals surface area contributed by atoms with Crippen LogP contribution < -0.4 is 0 Å². The molecule has 0 aliphatic heterocycles. The fourth-order valence-electron chi connectivity index (χ4n) is 6.13. The average molecular weight is 486 g/mol. The molecule has 0 saturated carbocycles. The van der Waals surface area contributed by atoms with Crippen LogP contribution in [-0.4, -0.2) is 4.57 Å². The van der Waals surface area contributed by atoms with Crippen LogP contribution in [0.1, 0.15) is 22.3 Å². The van der Waals surface area contributed by atoms with Crippen LogP contribution in [0.5, 0.6) is 0 Å². The summed E-state index contributed by atoms with van der Waals surface area (Å²) in [4.78, 5) is 0. The number of hydrogen-bond acceptors (Lipinski definition) is 0. The van der Waals surface area contributed by atoms with Gasteiger partial charge in [-0.15, -0.1) is 0 Å². The normalized spacial score (nSPS) is 11.7. The Hall–Kier alpha value is -4.88. The third kappa shape index (κ3) is 3.40. The minimum absolute atomic E-state index is 0.441. The first-order chi connectivity index (χ1) is 18.9. The molecule has 0 atom stereocenters. The number of hydrogen-bond donors (Lipinski definition) is 0. The Morgan fingerprint density at radius 2 is 0.658 bits per heavy atom. The van der Waals surface area contributed by atoms with E-state index >= 15 is 0 Å². The van der Waals surface area contributed by atoms with Crippen molar-refractivity contribution >= 4 is 21.8 Å². The molecule has 38 heavy (non-hydrogen) atoms. The molecule has 0 aliphatic rings. The molecule has 1 heteroatoms. The minimum Gasteiger partial charge on any atom is -0.309 e. The first kappa shape index (κ1) is 22.3. The SMILES string of the molecule is c1ccc(C(c2ccccc2)(c2ccccc2)c2ccc(-n3c4ccccc4c4ccccc43)cc2)cc1. The van der Waals surface area contributed by atoms with E-state index in [-0.39, 0.29) is 0 Å². The van der Waals surface area contributed by atoms with Gasteiger partial charge in [-0.05, 0) is 46.5 Å². The van der Waals surface area contributed by atoms with Gasteiger partial charge in [0.2, 0.25) is 0 Å². The van der Waals surface area contributed by atoms with E-state index in [4.69, 9.17) is 0 Å². The van der Waals surface area contributed by atoms with Crippen molar-refractivity contribution in [3.63, 3.8) is 0 Å². The second-order valence-corrected chi connectivity index (χ2v) is 9.76. The molecule has 0 N–H and O–H groups in total. The van der Waals surface area contributed by atoms with Crippen LogP contribution in [-0.2, 0) is 5.41 Å². The predicted molar refractivity (Wildman–Crippen MR) is 159 cm³/mol. The van der Waals surface area contributed by atoms with Gasteiger partial charge in [0, 0.05) is 16.5 Å². The number of benzene rings is 6. The van der Waals surface area contributed by atoms with Gasteiger partial charge in [-0.1, -0.05) is 140 Å². The highest BCUT2D eigenvalue weighted by Crippen LogP contribution is 2.45. The van der Waals surface area contributed by atoms with E-state index in [0.717, 1.165) is 5.69 Å². The molecule has 6 aromatic carbocycles. The molecule has 0 aliphatic carbocycles. The van der Waals surface area contributed by atoms with E-state index in [0.29, 0.717) is 0 Å². The van der Waals surface area contributed by atoms with Crippen molar-refractivity contribution in [3.05, 3.63) is 186 Å². The second-order valence-electron chi connectivity index (χ2n) is 9.76. The molecular formula is C37H27N. The van der Waals surface area contributed by atoms with Crippen LogP contribution in [0, 0.1) is 0 Å². The predicted octanol–water partition coefficient (Wildman–Crippen LogP) is 9.17. The van der Waals surface area contributed by atoms with Crippen LogP contribution in [0.25, 0.3) is 27.5 Å². The molecule has 0 fully saturated rings. The highest BCUT2D eigenvalue weighted by atomic mass is 15.0. The Balaban J connectivity index is 1.49. The highest BCUT2D eigenvalue weighted by Gasteiger charge is 2.38. The molecule has 0 amide bonds. The highest BCUT2D eigenvalue weighted by molar-refractivity contribution is 6.09. The summed E-state index contributed by atoms with van der Waals surface area (Å²) in [6, 6.07) is 59.2. The molecule has 1 heterocycles. The van der Waals surface area contributed by atoms with Gasteiger partial charge in [0.05, 0.1) is 16.4 Å². The lowest BCUT2D eigenvalue weighted by Gasteiger charge is -2.37. The zero-order valence-electron chi connectivity index (χ0n) is 21.0. The Morgan fingerprint density at radius 3 is 1.08 bits per heavy atom. The number of aromatic nitrogens is 1. The maximum absolute atomic E-state index is 2.38. The lowest BCUT2D eigenvalue weighted by atomic mass is 9.65. The summed E-state index contributed by atoms with van der Waals surface area (Å²) in [5, 5.41) is 2.55. The van der Waals surface area contributed by atoms with Crippen LogP contribution >= 0.6 is 0 Å². The Kier molecular flexibility index (Phi) is 5.41. The van der Waals surface area contributed by atoms with E-state index in [1.807, 2.05) is 0 Å². The third-order valence-electron chi connectivity index (χ3n) is 7.76. The fourth-order valence-corrected chi connectivity index (χ4v) is 6.13. The lowest BCUT2D eigenvalue weighted by molar-refractivity contribution is 0.745. The number of rotatable bonds is 5. The van der Waals surface area contributed by atoms with E-state index in [1.54, 1.807) is 0 Å². The number of fused-ring (bicyclic) bond motifs is 3. The summed E-state index contributed by atoms with van der Waals surface area (Å²) in [5.74, 6) is 0. The van der Waals surface area contributed by atoms with Gasteiger partial charge < -0.3 is 4.57 Å². The largest absolute Gasteiger partial charge is 0.309 e. The van der Waals surface area contributed by atoms with Crippen molar-refractivity contribution in [2.24, 2.45) is 0 Å². The summed E-state index contributed by atoms with van der Waals surface area (Å²) in [6.45, 7) is 0. The van der Waals surface area contributed by atoms with Gasteiger partial charge in [-0.2, -0.15) is 0 Å². The molecule has 1 aromatic heterocycles. The van der Waals surface area contributed by atoms with Crippen molar-refractivity contribution in [2.45, 2.75) is 5.41 Å². The van der Waals surface area contributed by atoms with Crippen LogP contribution in [0.15, 0.2) is 164 Å². The number of nitrogens with zero attached hydrogens (tertiary/aromatic N) is 1. The van der Waals surface area contributed by atoms with Gasteiger partial charge >= 0.3 is 0 Å². The second kappa shape index (κ2) is 9.21. The molecule has 0 saturated heterocycles. The van der Waals surface area contributed by atoms with Gasteiger partial charge in [0.25, 0.3) is 0 Å². The van der Waals surface area contributed by atoms with E-state index < -0.39 is 5.41 Å². The maximum atomic E-state index is 2.38. The van der Waals surface area contributed by atoms with Crippen LogP contribution in [0.4, 0.5) is 0 Å². The van der Waals surface area contributed by atoms with Crippen LogP contribution in [0.2, 0.25) is 0 Å². The van der Waals surface area contributed by atoms with Crippen molar-refractivity contribution in [1.82, 2.24) is 4.57 Å². The molecule has 0 bridgehead atoms. The summed E-state index contributed by atoms with van der Waals surface area (Å²) < 4.78 is 2.38. The molecule has 0 radical (unpaired) electrons. The third-order valence-corrected chi connectivity index (χ3v) is 7.76. The topological polar surface area (TPSA) is 4.93 Å². The molecule has 7 rings (SSSR count). The quantitative estimate of drug-likeness (QED) is 0.214. The standard InChI is InChI=1S/C37H27N/c1-4-14-28(15-5-1)37(29-16-6-2-7-17-29,30-18-8-3-9-19-30)31-24-26-32(27-25-31)38-35-22-12-10-20-33(35)34-21-11-13-23-36(34)38/h1-27H. The Labute approximate surface area is 223 Å². The van der Waals surface area contributed by atoms with Crippen molar-refractivity contribution in [2.75, 3.05) is 0 Å². The zero-order valence-corrected chi connectivity index (χ0v) is 21.0. The molecule has 180 valence electrons. The number of para-hydroxylation sites is 2. The van der Waals surface area contributed by atoms with Gasteiger partial charge in [0.1, 0.15) is 0 Å². The van der Waals surface area contributed by atoms with E-state index in [2.05, 4.69) is 168 Å². The van der Waals surface area contributed by atoms with Crippen molar-refractivity contribution in [1.29, 1.82) is 0 Å². The summed E-state index contributed by atoms with van der Waals surface area (Å²) in [6.07, 6.45) is 0. The van der Waals surface area contributed by atoms with Crippen molar-refractivity contribution < 1.29 is 0 Å². The van der Waals surface area contributed by atoms with E-state index in [9.17, 15) is 0 Å². The molecule has 0 spiro atoms. The van der Waals surface area contributed by atoms with E-state index in [1.165, 1.54) is 44.1 Å². The fraction of sp³-hybridized carbons (Fsp3) is 0.0270. The Morgan fingerprint density at radius 1 is 0.316 bits per heavy atom. The maximum Gasteiger partial charge on any atom is 0.0701 e. The van der Waals surface area contributed by atoms with Gasteiger partial charge in [0.15, 0.2) is 0 Å². The average Bonchev–Trinajstić information content (AvgIpc) is 3.34. The summed E-state index contributed by atoms with van der Waals surface area (Å²) in [7, 11) is 0. The molecule has 1 nitrogen and oxygen atoms in total. The molecular weight excluding hydrogens is 458 g/mol. The van der Waals surface area contributed by atoms with Crippen molar-refractivity contribution in [3.8, 4) is 5.69 Å². The Bertz CT molecular complexity index is 1680. The first-order valence-electron chi connectivity index (χ1n) is 13.1. The zero-order chi connectivity index (χ0) is 25.4. The van der Waals surface area contributed by atoms with Crippen LogP contribution in [0.3, 0.4) is 0 Å². The monoisotopic (exact) mass is 485 g/mol.